The second kappa shape index (κ2) is 6.43. The Balaban J connectivity index is 1.89. The van der Waals surface area contributed by atoms with Crippen molar-refractivity contribution >= 4 is 17.3 Å². The number of hydrogen-bond acceptors (Lipinski definition) is 4. The van der Waals surface area contributed by atoms with Crippen molar-refractivity contribution in [3.8, 4) is 0 Å². The number of rotatable bonds is 5. The van der Waals surface area contributed by atoms with Crippen LogP contribution in [0, 0.1) is 0 Å². The van der Waals surface area contributed by atoms with Crippen molar-refractivity contribution in [2.45, 2.75) is 31.8 Å². The molecule has 1 aromatic carbocycles. The predicted molar refractivity (Wildman–Crippen MR) is 76.1 cm³/mol. The molecular formula is C14H21N3O2. The number of nitrogens with one attached hydrogen (secondary N) is 1. The monoisotopic (exact) mass is 263 g/mol. The largest absolute Gasteiger partial charge is 0.399 e. The van der Waals surface area contributed by atoms with Crippen molar-refractivity contribution in [3.05, 3.63) is 23.8 Å². The van der Waals surface area contributed by atoms with Gasteiger partial charge in [-0.3, -0.25) is 4.79 Å². The SMILES string of the molecule is NC(=O)c1cc(N)ccc1NCCC1CCCCO1. The fourth-order valence-electron chi connectivity index (χ4n) is 2.32. The summed E-state index contributed by atoms with van der Waals surface area (Å²) in [5, 5.41) is 3.23. The van der Waals surface area contributed by atoms with Crippen molar-refractivity contribution in [1.82, 2.24) is 0 Å². The van der Waals surface area contributed by atoms with E-state index in [4.69, 9.17) is 16.2 Å². The lowest BCUT2D eigenvalue weighted by Gasteiger charge is -2.23. The number of primary amides is 1. The molecule has 1 aromatic rings. The molecule has 1 fully saturated rings. The predicted octanol–water partition coefficient (Wildman–Crippen LogP) is 1.74. The van der Waals surface area contributed by atoms with Crippen LogP contribution in [0.4, 0.5) is 11.4 Å². The molecule has 5 heteroatoms. The topological polar surface area (TPSA) is 90.4 Å². The third-order valence-corrected chi connectivity index (χ3v) is 3.36. The van der Waals surface area contributed by atoms with Gasteiger partial charge >= 0.3 is 0 Å². The highest BCUT2D eigenvalue weighted by atomic mass is 16.5. The maximum Gasteiger partial charge on any atom is 0.250 e. The number of benzene rings is 1. The minimum absolute atomic E-state index is 0.326. The molecule has 5 nitrogen and oxygen atoms in total. The first kappa shape index (κ1) is 13.7. The number of nitrogens with two attached hydrogens (primary N) is 2. The molecule has 19 heavy (non-hydrogen) atoms. The molecule has 0 bridgehead atoms. The summed E-state index contributed by atoms with van der Waals surface area (Å²) in [5.74, 6) is -0.469. The van der Waals surface area contributed by atoms with Crippen molar-refractivity contribution in [3.63, 3.8) is 0 Å². The second-order valence-corrected chi connectivity index (χ2v) is 4.87. The lowest BCUT2D eigenvalue weighted by atomic mass is 10.1. The molecule has 1 amide bonds. The molecule has 1 aliphatic heterocycles. The number of ether oxygens (including phenoxy) is 1. The van der Waals surface area contributed by atoms with E-state index in [-0.39, 0.29) is 0 Å². The molecular weight excluding hydrogens is 242 g/mol. The number of anilines is 2. The van der Waals surface area contributed by atoms with E-state index in [2.05, 4.69) is 5.32 Å². The van der Waals surface area contributed by atoms with Gasteiger partial charge in [0.15, 0.2) is 0 Å². The number of carbonyl (C=O) groups is 1. The highest BCUT2D eigenvalue weighted by Crippen LogP contribution is 2.20. The van der Waals surface area contributed by atoms with Gasteiger partial charge in [-0.25, -0.2) is 0 Å². The first-order valence-corrected chi connectivity index (χ1v) is 6.71. The lowest BCUT2D eigenvalue weighted by molar-refractivity contribution is 0.0134. The van der Waals surface area contributed by atoms with E-state index in [1.165, 1.54) is 6.42 Å². The molecule has 2 rings (SSSR count). The molecule has 104 valence electrons. The number of hydrogen-bond donors (Lipinski definition) is 3. The van der Waals surface area contributed by atoms with Crippen LogP contribution in [0.25, 0.3) is 0 Å². The molecule has 5 N–H and O–H groups in total. The molecule has 1 atom stereocenters. The quantitative estimate of drug-likeness (QED) is 0.706. The van der Waals surface area contributed by atoms with Crippen LogP contribution in [-0.4, -0.2) is 25.2 Å². The Morgan fingerprint density at radius 1 is 1.42 bits per heavy atom. The fourth-order valence-corrected chi connectivity index (χ4v) is 2.32. The van der Waals surface area contributed by atoms with Gasteiger partial charge in [0.25, 0.3) is 5.91 Å². The van der Waals surface area contributed by atoms with Gasteiger partial charge < -0.3 is 21.5 Å². The zero-order valence-electron chi connectivity index (χ0n) is 11.0. The third kappa shape index (κ3) is 3.86. The Morgan fingerprint density at radius 3 is 2.95 bits per heavy atom. The van der Waals surface area contributed by atoms with Crippen LogP contribution in [0.1, 0.15) is 36.0 Å². The van der Waals surface area contributed by atoms with Gasteiger partial charge in [-0.2, -0.15) is 0 Å². The van der Waals surface area contributed by atoms with Crippen molar-refractivity contribution in [2.24, 2.45) is 5.73 Å². The van der Waals surface area contributed by atoms with E-state index in [0.29, 0.717) is 17.4 Å². The maximum atomic E-state index is 11.3. The Hall–Kier alpha value is -1.75. The van der Waals surface area contributed by atoms with Crippen LogP contribution in [0.3, 0.4) is 0 Å². The standard InChI is InChI=1S/C14H21N3O2/c15-10-4-5-13(12(9-10)14(16)18)17-7-6-11-3-1-2-8-19-11/h4-5,9,11,17H,1-3,6-8,15H2,(H2,16,18). The molecule has 0 aromatic heterocycles. The molecule has 0 spiro atoms. The van der Waals surface area contributed by atoms with E-state index in [9.17, 15) is 4.79 Å². The van der Waals surface area contributed by atoms with E-state index in [0.717, 1.165) is 38.1 Å². The van der Waals surface area contributed by atoms with Crippen LogP contribution in [-0.2, 0) is 4.74 Å². The van der Waals surface area contributed by atoms with Crippen molar-refractivity contribution < 1.29 is 9.53 Å². The smallest absolute Gasteiger partial charge is 0.250 e. The Morgan fingerprint density at radius 2 is 2.26 bits per heavy atom. The molecule has 0 saturated carbocycles. The molecule has 1 aliphatic rings. The molecule has 0 aliphatic carbocycles. The van der Waals surface area contributed by atoms with Crippen LogP contribution >= 0.6 is 0 Å². The van der Waals surface area contributed by atoms with Gasteiger partial charge in [0.2, 0.25) is 0 Å². The zero-order chi connectivity index (χ0) is 13.7. The van der Waals surface area contributed by atoms with Crippen LogP contribution in [0.2, 0.25) is 0 Å². The molecule has 0 radical (unpaired) electrons. The average Bonchev–Trinajstić information content (AvgIpc) is 2.41. The summed E-state index contributed by atoms with van der Waals surface area (Å²) in [4.78, 5) is 11.3. The molecule has 1 heterocycles. The number of amides is 1. The van der Waals surface area contributed by atoms with E-state index >= 15 is 0 Å². The van der Waals surface area contributed by atoms with Crippen LogP contribution in [0.5, 0.6) is 0 Å². The number of carbonyl (C=O) groups excluding carboxylic acids is 1. The Kier molecular flexibility index (Phi) is 4.63. The highest BCUT2D eigenvalue weighted by molar-refractivity contribution is 5.99. The van der Waals surface area contributed by atoms with Gasteiger partial charge in [-0.15, -0.1) is 0 Å². The van der Waals surface area contributed by atoms with Crippen molar-refractivity contribution in [1.29, 1.82) is 0 Å². The second-order valence-electron chi connectivity index (χ2n) is 4.87. The Bertz CT molecular complexity index is 442. The van der Waals surface area contributed by atoms with Gasteiger partial charge in [0.05, 0.1) is 11.7 Å². The zero-order valence-corrected chi connectivity index (χ0v) is 11.0. The van der Waals surface area contributed by atoms with Gasteiger partial charge in [0, 0.05) is 24.5 Å². The van der Waals surface area contributed by atoms with Gasteiger partial charge in [-0.1, -0.05) is 0 Å². The number of nitrogen functional groups attached to an aromatic ring is 1. The fraction of sp³-hybridized carbons (Fsp3) is 0.500. The first-order chi connectivity index (χ1) is 9.16. The first-order valence-electron chi connectivity index (χ1n) is 6.71. The maximum absolute atomic E-state index is 11.3. The van der Waals surface area contributed by atoms with E-state index in [1.807, 2.05) is 0 Å². The Labute approximate surface area is 113 Å². The van der Waals surface area contributed by atoms with Gasteiger partial charge in [-0.05, 0) is 43.9 Å². The molecule has 1 saturated heterocycles. The summed E-state index contributed by atoms with van der Waals surface area (Å²) in [6.45, 7) is 1.62. The summed E-state index contributed by atoms with van der Waals surface area (Å²) in [6.07, 6.45) is 4.77. The third-order valence-electron chi connectivity index (χ3n) is 3.36. The minimum atomic E-state index is -0.469. The average molecular weight is 263 g/mol. The minimum Gasteiger partial charge on any atom is -0.399 e. The van der Waals surface area contributed by atoms with Crippen LogP contribution < -0.4 is 16.8 Å². The molecule has 1 unspecified atom stereocenters. The van der Waals surface area contributed by atoms with E-state index < -0.39 is 5.91 Å². The lowest BCUT2D eigenvalue weighted by Crippen LogP contribution is -2.22. The van der Waals surface area contributed by atoms with E-state index in [1.54, 1.807) is 18.2 Å². The van der Waals surface area contributed by atoms with Crippen LogP contribution in [0.15, 0.2) is 18.2 Å². The summed E-state index contributed by atoms with van der Waals surface area (Å²) >= 11 is 0. The van der Waals surface area contributed by atoms with Crippen molar-refractivity contribution in [2.75, 3.05) is 24.2 Å². The summed E-state index contributed by atoms with van der Waals surface area (Å²) in [7, 11) is 0. The highest BCUT2D eigenvalue weighted by Gasteiger charge is 2.14. The normalized spacial score (nSPS) is 19.1. The summed E-state index contributed by atoms with van der Waals surface area (Å²) in [6, 6.07) is 5.14. The van der Waals surface area contributed by atoms with Gasteiger partial charge in [0.1, 0.15) is 0 Å². The summed E-state index contributed by atoms with van der Waals surface area (Å²) in [5.41, 5.74) is 12.7. The summed E-state index contributed by atoms with van der Waals surface area (Å²) < 4.78 is 5.66.